The van der Waals surface area contributed by atoms with Crippen LogP contribution in [0.2, 0.25) is 0 Å². The van der Waals surface area contributed by atoms with Crippen LogP contribution in [0.5, 0.6) is 5.75 Å². The van der Waals surface area contributed by atoms with Crippen molar-refractivity contribution in [1.29, 1.82) is 5.26 Å². The molecule has 0 amide bonds. The number of para-hydroxylation sites is 1. The molecule has 0 radical (unpaired) electrons. The fraction of sp³-hybridized carbons (Fsp3) is 0.562. The molecule has 0 N–H and O–H groups in total. The average Bonchev–Trinajstić information content (AvgIpc) is 3.00. The Hall–Kier alpha value is -1.53. The third kappa shape index (κ3) is 3.08. The fourth-order valence-corrected chi connectivity index (χ4v) is 2.78. The van der Waals surface area contributed by atoms with Gasteiger partial charge < -0.3 is 4.74 Å². The molecule has 0 saturated carbocycles. The van der Waals surface area contributed by atoms with Gasteiger partial charge in [-0.1, -0.05) is 18.2 Å². The summed E-state index contributed by atoms with van der Waals surface area (Å²) >= 11 is 0. The summed E-state index contributed by atoms with van der Waals surface area (Å²) in [5, 5.41) is 9.53. The first-order valence-electron chi connectivity index (χ1n) is 6.98. The van der Waals surface area contributed by atoms with Crippen molar-refractivity contribution >= 4 is 0 Å². The second-order valence-corrected chi connectivity index (χ2v) is 5.39. The van der Waals surface area contributed by atoms with E-state index < -0.39 is 0 Å². The van der Waals surface area contributed by atoms with Gasteiger partial charge in [0, 0.05) is 0 Å². The minimum Gasteiger partial charge on any atom is -0.496 e. The van der Waals surface area contributed by atoms with Crippen LogP contribution in [-0.2, 0) is 6.42 Å². The second-order valence-electron chi connectivity index (χ2n) is 5.39. The van der Waals surface area contributed by atoms with Crippen molar-refractivity contribution in [3.63, 3.8) is 0 Å². The SMILES string of the molecule is COc1ccccc1CCC(C)(C#N)N1CCCC1. The van der Waals surface area contributed by atoms with Crippen LogP contribution >= 0.6 is 0 Å². The van der Waals surface area contributed by atoms with E-state index in [2.05, 4.69) is 24.0 Å². The van der Waals surface area contributed by atoms with Crippen LogP contribution in [0.25, 0.3) is 0 Å². The number of likely N-dealkylation sites (tertiary alicyclic amines) is 1. The molecule has 1 atom stereocenters. The van der Waals surface area contributed by atoms with E-state index in [4.69, 9.17) is 4.74 Å². The van der Waals surface area contributed by atoms with E-state index in [1.807, 2.05) is 18.2 Å². The molecule has 1 fully saturated rings. The minimum absolute atomic E-state index is 0.350. The van der Waals surface area contributed by atoms with E-state index in [1.54, 1.807) is 7.11 Å². The molecule has 3 heteroatoms. The highest BCUT2D eigenvalue weighted by atomic mass is 16.5. The van der Waals surface area contributed by atoms with Gasteiger partial charge in [-0.15, -0.1) is 0 Å². The highest BCUT2D eigenvalue weighted by Gasteiger charge is 2.33. The number of nitrogens with zero attached hydrogens (tertiary/aromatic N) is 2. The van der Waals surface area contributed by atoms with E-state index in [0.29, 0.717) is 0 Å². The maximum absolute atomic E-state index is 9.53. The zero-order valence-electron chi connectivity index (χ0n) is 11.9. The lowest BCUT2D eigenvalue weighted by molar-refractivity contribution is 0.180. The van der Waals surface area contributed by atoms with Crippen LogP contribution in [0.15, 0.2) is 24.3 Å². The molecule has 1 aliphatic rings. The molecule has 0 aliphatic carbocycles. The third-order valence-electron chi connectivity index (χ3n) is 4.12. The summed E-state index contributed by atoms with van der Waals surface area (Å²) in [6.07, 6.45) is 4.16. The van der Waals surface area contributed by atoms with Gasteiger partial charge in [0.2, 0.25) is 0 Å². The minimum atomic E-state index is -0.350. The number of hydrogen-bond donors (Lipinski definition) is 0. The summed E-state index contributed by atoms with van der Waals surface area (Å²) in [6.45, 7) is 4.17. The molecular formula is C16H22N2O. The van der Waals surface area contributed by atoms with Crippen LogP contribution in [0.1, 0.15) is 31.7 Å². The maximum Gasteiger partial charge on any atom is 0.122 e. The molecule has 19 heavy (non-hydrogen) atoms. The quantitative estimate of drug-likeness (QED) is 0.814. The molecule has 1 heterocycles. The largest absolute Gasteiger partial charge is 0.496 e. The van der Waals surface area contributed by atoms with Crippen LogP contribution in [-0.4, -0.2) is 30.6 Å². The topological polar surface area (TPSA) is 36.3 Å². The fourth-order valence-electron chi connectivity index (χ4n) is 2.78. The summed E-state index contributed by atoms with van der Waals surface area (Å²) in [6, 6.07) is 10.6. The van der Waals surface area contributed by atoms with Gasteiger partial charge in [-0.2, -0.15) is 5.26 Å². The maximum atomic E-state index is 9.53. The number of benzene rings is 1. The predicted molar refractivity (Wildman–Crippen MR) is 76.1 cm³/mol. The van der Waals surface area contributed by atoms with Gasteiger partial charge in [0.25, 0.3) is 0 Å². The van der Waals surface area contributed by atoms with Crippen molar-refractivity contribution in [2.75, 3.05) is 20.2 Å². The highest BCUT2D eigenvalue weighted by Crippen LogP contribution is 2.28. The number of ether oxygens (including phenoxy) is 1. The highest BCUT2D eigenvalue weighted by molar-refractivity contribution is 5.33. The first-order chi connectivity index (χ1) is 9.19. The Morgan fingerprint density at radius 2 is 2.00 bits per heavy atom. The monoisotopic (exact) mass is 258 g/mol. The van der Waals surface area contributed by atoms with Crippen molar-refractivity contribution in [1.82, 2.24) is 4.90 Å². The summed E-state index contributed by atoms with van der Waals surface area (Å²) in [4.78, 5) is 2.32. The van der Waals surface area contributed by atoms with Gasteiger partial charge in [0.1, 0.15) is 11.3 Å². The van der Waals surface area contributed by atoms with E-state index in [1.165, 1.54) is 18.4 Å². The Bertz CT molecular complexity index is 460. The second kappa shape index (κ2) is 6.08. The number of hydrogen-bond acceptors (Lipinski definition) is 3. The number of methoxy groups -OCH3 is 1. The van der Waals surface area contributed by atoms with Crippen LogP contribution < -0.4 is 4.74 Å². The molecule has 0 bridgehead atoms. The first kappa shape index (κ1) is 13.9. The first-order valence-corrected chi connectivity index (χ1v) is 6.98. The van der Waals surface area contributed by atoms with E-state index in [9.17, 15) is 5.26 Å². The standard InChI is InChI=1S/C16H22N2O/c1-16(13-17,18-11-5-6-12-18)10-9-14-7-3-4-8-15(14)19-2/h3-4,7-8H,5-6,9-12H2,1-2H3. The summed E-state index contributed by atoms with van der Waals surface area (Å²) in [5.74, 6) is 0.921. The lowest BCUT2D eigenvalue weighted by Gasteiger charge is -2.32. The Morgan fingerprint density at radius 1 is 1.32 bits per heavy atom. The van der Waals surface area contributed by atoms with Crippen LogP contribution in [0.4, 0.5) is 0 Å². The summed E-state index contributed by atoms with van der Waals surface area (Å²) in [5.41, 5.74) is 0.836. The van der Waals surface area contributed by atoms with Crippen molar-refractivity contribution < 1.29 is 4.74 Å². The molecule has 3 nitrogen and oxygen atoms in total. The van der Waals surface area contributed by atoms with E-state index >= 15 is 0 Å². The van der Waals surface area contributed by atoms with Gasteiger partial charge >= 0.3 is 0 Å². The predicted octanol–water partition coefficient (Wildman–Crippen LogP) is 3.01. The Kier molecular flexibility index (Phi) is 4.44. The number of nitriles is 1. The van der Waals surface area contributed by atoms with Gasteiger partial charge in [0.05, 0.1) is 13.2 Å². The van der Waals surface area contributed by atoms with Gasteiger partial charge in [-0.05, 0) is 57.3 Å². The Balaban J connectivity index is 2.05. The Labute approximate surface area is 115 Å². The molecule has 2 rings (SSSR count). The number of aryl methyl sites for hydroxylation is 1. The average molecular weight is 258 g/mol. The molecular weight excluding hydrogens is 236 g/mol. The third-order valence-corrected chi connectivity index (χ3v) is 4.12. The normalized spacial score (nSPS) is 18.8. The zero-order valence-corrected chi connectivity index (χ0v) is 11.9. The van der Waals surface area contributed by atoms with Crippen LogP contribution in [0, 0.1) is 11.3 Å². The smallest absolute Gasteiger partial charge is 0.122 e. The molecule has 1 saturated heterocycles. The van der Waals surface area contributed by atoms with Crippen molar-refractivity contribution in [2.45, 2.75) is 38.1 Å². The number of rotatable bonds is 5. The Morgan fingerprint density at radius 3 is 2.63 bits per heavy atom. The van der Waals surface area contributed by atoms with Gasteiger partial charge in [-0.25, -0.2) is 0 Å². The van der Waals surface area contributed by atoms with Gasteiger partial charge in [-0.3, -0.25) is 4.90 Å². The molecule has 102 valence electrons. The van der Waals surface area contributed by atoms with Crippen molar-refractivity contribution in [3.8, 4) is 11.8 Å². The molecule has 1 aromatic carbocycles. The molecule has 1 unspecified atom stereocenters. The van der Waals surface area contributed by atoms with E-state index in [0.717, 1.165) is 31.7 Å². The summed E-state index contributed by atoms with van der Waals surface area (Å²) < 4.78 is 5.37. The molecule has 1 aliphatic heterocycles. The van der Waals surface area contributed by atoms with Crippen LogP contribution in [0.3, 0.4) is 0 Å². The van der Waals surface area contributed by atoms with Crippen molar-refractivity contribution in [2.24, 2.45) is 0 Å². The van der Waals surface area contributed by atoms with E-state index in [-0.39, 0.29) is 5.54 Å². The summed E-state index contributed by atoms with van der Waals surface area (Å²) in [7, 11) is 1.70. The molecule has 1 aromatic rings. The zero-order chi connectivity index (χ0) is 13.7. The lowest BCUT2D eigenvalue weighted by Crippen LogP contribution is -2.43. The molecule has 0 aromatic heterocycles. The molecule has 0 spiro atoms. The lowest BCUT2D eigenvalue weighted by atomic mass is 9.92. The van der Waals surface area contributed by atoms with Gasteiger partial charge in [0.15, 0.2) is 0 Å². The van der Waals surface area contributed by atoms with Crippen molar-refractivity contribution in [3.05, 3.63) is 29.8 Å².